The van der Waals surface area contributed by atoms with Crippen LogP contribution in [0.1, 0.15) is 12.8 Å². The van der Waals surface area contributed by atoms with Crippen molar-refractivity contribution in [2.75, 3.05) is 13.2 Å². The topological polar surface area (TPSA) is 9.23 Å². The quantitative estimate of drug-likeness (QED) is 0.368. The maximum absolute atomic E-state index is 4.94. The van der Waals surface area contributed by atoms with Crippen molar-refractivity contribution >= 4 is 0 Å². The Kier molecular flexibility index (Phi) is 10.3. The van der Waals surface area contributed by atoms with E-state index in [1.54, 1.807) is 0 Å². The van der Waals surface area contributed by atoms with Crippen molar-refractivity contribution in [1.82, 2.24) is 0 Å². The average molecular weight is 163 g/mol. The number of rotatable bonds is 0. The average Bonchev–Trinajstić information content (AvgIpc) is 1.76. The Morgan fingerprint density at radius 3 is 1.57 bits per heavy atom. The van der Waals surface area contributed by atoms with Gasteiger partial charge in [-0.05, 0) is 12.8 Å². The molecule has 0 radical (unpaired) electrons. The SMILES string of the molecule is C1CCOC1.[Cl-].[Fe+2]. The van der Waals surface area contributed by atoms with Crippen molar-refractivity contribution < 1.29 is 34.2 Å². The second-order valence-corrected chi connectivity index (χ2v) is 1.32. The minimum atomic E-state index is 0. The Balaban J connectivity index is 0. The summed E-state index contributed by atoms with van der Waals surface area (Å²) in [5, 5.41) is 0. The van der Waals surface area contributed by atoms with Crippen LogP contribution in [0.5, 0.6) is 0 Å². The third-order valence-electron chi connectivity index (χ3n) is 0.827. The van der Waals surface area contributed by atoms with Crippen LogP contribution < -0.4 is 12.4 Å². The maximum Gasteiger partial charge on any atom is 2.00 e. The predicted molar refractivity (Wildman–Crippen MR) is 20.1 cm³/mol. The van der Waals surface area contributed by atoms with Gasteiger partial charge < -0.3 is 17.1 Å². The van der Waals surface area contributed by atoms with Gasteiger partial charge in [0.1, 0.15) is 0 Å². The van der Waals surface area contributed by atoms with Crippen molar-refractivity contribution in [2.45, 2.75) is 12.8 Å². The number of ether oxygens (including phenoxy) is 1. The molecule has 0 atom stereocenters. The Morgan fingerprint density at radius 1 is 1.00 bits per heavy atom. The molecule has 0 aromatic rings. The van der Waals surface area contributed by atoms with Crippen molar-refractivity contribution in [3.63, 3.8) is 0 Å². The molecule has 0 spiro atoms. The van der Waals surface area contributed by atoms with Gasteiger partial charge in [0.05, 0.1) is 0 Å². The molecule has 1 aliphatic rings. The molecule has 1 fully saturated rings. The van der Waals surface area contributed by atoms with Gasteiger partial charge in [-0.1, -0.05) is 0 Å². The minimum Gasteiger partial charge on any atom is -1.00 e. The summed E-state index contributed by atoms with van der Waals surface area (Å²) in [5.74, 6) is 0. The molecule has 3 heteroatoms. The summed E-state index contributed by atoms with van der Waals surface area (Å²) in [4.78, 5) is 0. The molecule has 0 N–H and O–H groups in total. The molecule has 0 amide bonds. The molecule has 0 unspecified atom stereocenters. The van der Waals surface area contributed by atoms with E-state index in [9.17, 15) is 0 Å². The molecule has 1 aliphatic heterocycles. The summed E-state index contributed by atoms with van der Waals surface area (Å²) < 4.78 is 4.94. The van der Waals surface area contributed by atoms with Crippen LogP contribution in [0, 0.1) is 0 Å². The Labute approximate surface area is 60.7 Å². The largest absolute Gasteiger partial charge is 2.00 e. The van der Waals surface area contributed by atoms with Crippen LogP contribution in [0.25, 0.3) is 0 Å². The van der Waals surface area contributed by atoms with Gasteiger partial charge in [0, 0.05) is 13.2 Å². The molecule has 0 aromatic carbocycles. The second kappa shape index (κ2) is 6.77. The molecule has 1 rings (SSSR count). The fourth-order valence-corrected chi connectivity index (χ4v) is 0.510. The third-order valence-corrected chi connectivity index (χ3v) is 0.827. The maximum atomic E-state index is 4.94. The molecule has 1 heterocycles. The Hall–Kier alpha value is 0.769. The van der Waals surface area contributed by atoms with Crippen LogP contribution in [0.2, 0.25) is 0 Å². The van der Waals surface area contributed by atoms with Gasteiger partial charge >= 0.3 is 17.1 Å². The van der Waals surface area contributed by atoms with E-state index in [2.05, 4.69) is 0 Å². The van der Waals surface area contributed by atoms with Gasteiger partial charge in [-0.2, -0.15) is 0 Å². The summed E-state index contributed by atoms with van der Waals surface area (Å²) in [6.45, 7) is 2.00. The number of hydrogen-bond acceptors (Lipinski definition) is 1. The zero-order valence-electron chi connectivity index (χ0n) is 3.97. The molecule has 0 bridgehead atoms. The summed E-state index contributed by atoms with van der Waals surface area (Å²) in [5.41, 5.74) is 0. The first-order valence-corrected chi connectivity index (χ1v) is 2.08. The van der Waals surface area contributed by atoms with E-state index >= 15 is 0 Å². The van der Waals surface area contributed by atoms with E-state index in [1.165, 1.54) is 12.8 Å². The fourth-order valence-electron chi connectivity index (χ4n) is 0.510. The molecule has 0 aliphatic carbocycles. The molecule has 44 valence electrons. The molecular weight excluding hydrogens is 155 g/mol. The zero-order valence-corrected chi connectivity index (χ0v) is 5.83. The van der Waals surface area contributed by atoms with Gasteiger partial charge in [-0.15, -0.1) is 0 Å². The van der Waals surface area contributed by atoms with E-state index < -0.39 is 0 Å². The summed E-state index contributed by atoms with van der Waals surface area (Å²) >= 11 is 0. The summed E-state index contributed by atoms with van der Waals surface area (Å²) in [7, 11) is 0. The Bertz CT molecular complexity index is 23.3. The monoisotopic (exact) mass is 163 g/mol. The van der Waals surface area contributed by atoms with Crippen LogP contribution in [-0.2, 0) is 21.8 Å². The van der Waals surface area contributed by atoms with Crippen molar-refractivity contribution in [3.05, 3.63) is 0 Å². The van der Waals surface area contributed by atoms with Crippen LogP contribution in [0.4, 0.5) is 0 Å². The van der Waals surface area contributed by atoms with E-state index in [-0.39, 0.29) is 29.5 Å². The third kappa shape index (κ3) is 4.63. The van der Waals surface area contributed by atoms with Crippen molar-refractivity contribution in [3.8, 4) is 0 Å². The van der Waals surface area contributed by atoms with E-state index in [0.29, 0.717) is 0 Å². The predicted octanol–water partition coefficient (Wildman–Crippen LogP) is -2.20. The van der Waals surface area contributed by atoms with Gasteiger partial charge in [-0.3, -0.25) is 0 Å². The van der Waals surface area contributed by atoms with Gasteiger partial charge in [0.2, 0.25) is 0 Å². The molecule has 1 nitrogen and oxygen atoms in total. The van der Waals surface area contributed by atoms with Gasteiger partial charge in [0.15, 0.2) is 0 Å². The van der Waals surface area contributed by atoms with Crippen LogP contribution in [-0.4, -0.2) is 13.2 Å². The molecule has 0 saturated carbocycles. The van der Waals surface area contributed by atoms with Crippen LogP contribution in [0.15, 0.2) is 0 Å². The number of halogens is 1. The van der Waals surface area contributed by atoms with E-state index in [0.717, 1.165) is 13.2 Å². The van der Waals surface area contributed by atoms with Crippen molar-refractivity contribution in [1.29, 1.82) is 0 Å². The van der Waals surface area contributed by atoms with Crippen LogP contribution >= 0.6 is 0 Å². The standard InChI is InChI=1S/C4H8O.ClH.Fe/c1-2-4-5-3-1;;/h1-4H2;1H;/q;;+2/p-1. The first-order chi connectivity index (χ1) is 2.50. The minimum absolute atomic E-state index is 0. The molecule has 7 heavy (non-hydrogen) atoms. The summed E-state index contributed by atoms with van der Waals surface area (Å²) in [6, 6.07) is 0. The smallest absolute Gasteiger partial charge is 1.00 e. The number of hydrogen-bond donors (Lipinski definition) is 0. The molecular formula is C4H8ClFeO+. The van der Waals surface area contributed by atoms with Gasteiger partial charge in [-0.25, -0.2) is 0 Å². The normalized spacial score (nSPS) is 17.1. The first kappa shape index (κ1) is 10.7. The van der Waals surface area contributed by atoms with E-state index in [1.807, 2.05) is 0 Å². The zero-order chi connectivity index (χ0) is 3.54. The van der Waals surface area contributed by atoms with Crippen LogP contribution in [0.3, 0.4) is 0 Å². The molecule has 1 saturated heterocycles. The Morgan fingerprint density at radius 2 is 1.43 bits per heavy atom. The second-order valence-electron chi connectivity index (χ2n) is 1.32. The summed E-state index contributed by atoms with van der Waals surface area (Å²) in [6.07, 6.45) is 2.56. The van der Waals surface area contributed by atoms with E-state index in [4.69, 9.17) is 4.74 Å². The first-order valence-electron chi connectivity index (χ1n) is 2.08. The van der Waals surface area contributed by atoms with Crippen molar-refractivity contribution in [2.24, 2.45) is 0 Å². The van der Waals surface area contributed by atoms with Gasteiger partial charge in [0.25, 0.3) is 0 Å². The molecule has 0 aromatic heterocycles. The fraction of sp³-hybridized carbons (Fsp3) is 1.00.